The van der Waals surface area contributed by atoms with Gasteiger partial charge in [0.15, 0.2) is 0 Å². The highest BCUT2D eigenvalue weighted by molar-refractivity contribution is 8.03. The fourth-order valence-corrected chi connectivity index (χ4v) is 6.97. The molecule has 9 heteroatoms. The zero-order chi connectivity index (χ0) is 22.4. The minimum Gasteiger partial charge on any atom is -0.477 e. The van der Waals surface area contributed by atoms with E-state index in [4.69, 9.17) is 0 Å². The Morgan fingerprint density at radius 1 is 1.32 bits per heavy atom. The van der Waals surface area contributed by atoms with Crippen molar-refractivity contribution in [3.63, 3.8) is 0 Å². The number of hydrogen-bond donors (Lipinski definition) is 3. The van der Waals surface area contributed by atoms with Crippen LogP contribution >= 0.6 is 11.8 Å². The zero-order valence-electron chi connectivity index (χ0n) is 18.4. The number of carbonyl (C=O) groups excluding carboxylic acids is 2. The van der Waals surface area contributed by atoms with Crippen molar-refractivity contribution in [2.75, 3.05) is 20.6 Å². The van der Waals surface area contributed by atoms with Crippen molar-refractivity contribution in [1.82, 2.24) is 15.1 Å². The molecule has 3 heterocycles. The monoisotopic (exact) mass is 451 g/mol. The van der Waals surface area contributed by atoms with Crippen molar-refractivity contribution in [2.24, 2.45) is 17.8 Å². The fraction of sp³-hybridized carbons (Fsp3) is 0.773. The van der Waals surface area contributed by atoms with Gasteiger partial charge >= 0.3 is 5.97 Å². The average Bonchev–Trinajstić information content (AvgIpc) is 3.17. The maximum atomic E-state index is 12.4. The molecule has 3 aliphatic heterocycles. The van der Waals surface area contributed by atoms with Crippen LogP contribution in [0.15, 0.2) is 10.6 Å². The minimum atomic E-state index is -1.06. The summed E-state index contributed by atoms with van der Waals surface area (Å²) in [5.74, 6) is -0.301. The number of carbonyl (C=O) groups is 3. The molecule has 4 rings (SSSR count). The molecule has 2 amide bonds. The van der Waals surface area contributed by atoms with Crippen LogP contribution in [0.5, 0.6) is 0 Å². The van der Waals surface area contributed by atoms with Crippen LogP contribution in [0.2, 0.25) is 0 Å². The Hall–Kier alpha value is -1.58. The molecule has 0 spiro atoms. The van der Waals surface area contributed by atoms with E-state index in [1.165, 1.54) is 11.3 Å². The fourth-order valence-electron chi connectivity index (χ4n) is 5.52. The number of hydrogen-bond acceptors (Lipinski definition) is 6. The van der Waals surface area contributed by atoms with Crippen molar-refractivity contribution < 1.29 is 24.6 Å². The second-order valence-electron chi connectivity index (χ2n) is 9.65. The van der Waals surface area contributed by atoms with E-state index in [-0.39, 0.29) is 23.6 Å². The van der Waals surface area contributed by atoms with Crippen LogP contribution in [0, 0.1) is 17.8 Å². The van der Waals surface area contributed by atoms with Gasteiger partial charge in [-0.05, 0) is 44.4 Å². The van der Waals surface area contributed by atoms with E-state index in [0.717, 1.165) is 30.7 Å². The molecule has 31 heavy (non-hydrogen) atoms. The Bertz CT molecular complexity index is 798. The Kier molecular flexibility index (Phi) is 6.38. The Morgan fingerprint density at radius 3 is 2.71 bits per heavy atom. The number of nitrogens with zero attached hydrogens (tertiary/aromatic N) is 2. The van der Waals surface area contributed by atoms with Gasteiger partial charge in [-0.3, -0.25) is 9.59 Å². The van der Waals surface area contributed by atoms with Crippen LogP contribution in [-0.4, -0.2) is 81.9 Å². The molecule has 0 radical (unpaired) electrons. The molecule has 3 N–H and O–H groups in total. The van der Waals surface area contributed by atoms with Crippen LogP contribution < -0.4 is 5.32 Å². The number of carboxylic acids is 1. The van der Waals surface area contributed by atoms with Crippen molar-refractivity contribution in [3.8, 4) is 0 Å². The molecule has 3 fully saturated rings. The molecule has 0 aromatic rings. The molecule has 8 nitrogen and oxygen atoms in total. The summed E-state index contributed by atoms with van der Waals surface area (Å²) in [7, 11) is 3.59. The summed E-state index contributed by atoms with van der Waals surface area (Å²) >= 11 is 1.60. The molecule has 7 atom stereocenters. The number of thioether (sulfide) groups is 1. The van der Waals surface area contributed by atoms with Crippen LogP contribution in [0.1, 0.15) is 45.4 Å². The van der Waals surface area contributed by atoms with Crippen molar-refractivity contribution >= 4 is 29.5 Å². The topological polar surface area (TPSA) is 110 Å². The summed E-state index contributed by atoms with van der Waals surface area (Å²) in [4.78, 5) is 39.7. The SMILES string of the molecule is C[C@@H](O)[C@H]1C(=O)N2C(C(=O)O)=C(S[C@@H]3CN[C@H](C4CC4CCCC(=O)N(C)C)C3)C[C@H]12. The normalized spacial score (nSPS) is 35.1. The van der Waals surface area contributed by atoms with Crippen LogP contribution in [-0.2, 0) is 14.4 Å². The van der Waals surface area contributed by atoms with Gasteiger partial charge in [0.2, 0.25) is 11.8 Å². The first-order valence-electron chi connectivity index (χ1n) is 11.3. The zero-order valence-corrected chi connectivity index (χ0v) is 19.2. The van der Waals surface area contributed by atoms with E-state index >= 15 is 0 Å². The highest BCUT2D eigenvalue weighted by Crippen LogP contribution is 2.51. The lowest BCUT2D eigenvalue weighted by Gasteiger charge is -2.44. The smallest absolute Gasteiger partial charge is 0.353 e. The lowest BCUT2D eigenvalue weighted by atomic mass is 9.83. The van der Waals surface area contributed by atoms with E-state index in [9.17, 15) is 24.6 Å². The Balaban J connectivity index is 1.28. The van der Waals surface area contributed by atoms with Gasteiger partial charge in [-0.2, -0.15) is 0 Å². The third-order valence-electron chi connectivity index (χ3n) is 7.28. The lowest BCUT2D eigenvalue weighted by molar-refractivity contribution is -0.161. The highest BCUT2D eigenvalue weighted by Gasteiger charge is 2.57. The highest BCUT2D eigenvalue weighted by atomic mass is 32.2. The first kappa shape index (κ1) is 22.6. The standard InChI is InChI=1S/C22H33N3O5S/c1-11(26)19-16-9-17(20(22(29)30)25(16)21(19)28)31-13-8-15(23-10-13)14-7-12(14)5-4-6-18(27)24(2)3/h11-16,19,23,26H,4-10H2,1-3H3,(H,29,30)/t11-,12?,13+,14?,15+,16-,19-/m1/s1. The van der Waals surface area contributed by atoms with Gasteiger partial charge < -0.3 is 25.3 Å². The molecule has 1 saturated carbocycles. The first-order valence-corrected chi connectivity index (χ1v) is 12.1. The number of aliphatic hydroxyl groups excluding tert-OH is 1. The molecule has 1 aliphatic carbocycles. The molecule has 172 valence electrons. The number of amides is 2. The molecule has 2 saturated heterocycles. The molecule has 2 unspecified atom stereocenters. The number of carboxylic acid groups (broad SMARTS) is 1. The Labute approximate surface area is 187 Å². The molecular weight excluding hydrogens is 418 g/mol. The molecule has 4 aliphatic rings. The van der Waals surface area contributed by atoms with E-state index in [2.05, 4.69) is 5.32 Å². The number of rotatable bonds is 9. The van der Waals surface area contributed by atoms with Crippen LogP contribution in [0.4, 0.5) is 0 Å². The lowest BCUT2D eigenvalue weighted by Crippen LogP contribution is -2.61. The van der Waals surface area contributed by atoms with E-state index in [1.54, 1.807) is 37.7 Å². The van der Waals surface area contributed by atoms with Gasteiger partial charge in [-0.1, -0.05) is 0 Å². The first-order chi connectivity index (χ1) is 14.7. The quantitative estimate of drug-likeness (QED) is 0.453. The van der Waals surface area contributed by atoms with Crippen molar-refractivity contribution in [1.29, 1.82) is 0 Å². The summed E-state index contributed by atoms with van der Waals surface area (Å²) in [5, 5.41) is 23.5. The third-order valence-corrected chi connectivity index (χ3v) is 8.62. The second kappa shape index (κ2) is 8.75. The van der Waals surface area contributed by atoms with Gasteiger partial charge in [0.05, 0.1) is 18.1 Å². The number of fused-ring (bicyclic) bond motifs is 1. The van der Waals surface area contributed by atoms with Crippen LogP contribution in [0.25, 0.3) is 0 Å². The van der Waals surface area contributed by atoms with Gasteiger partial charge in [-0.25, -0.2) is 4.79 Å². The Morgan fingerprint density at radius 2 is 2.06 bits per heavy atom. The largest absolute Gasteiger partial charge is 0.477 e. The maximum absolute atomic E-state index is 12.4. The van der Waals surface area contributed by atoms with E-state index in [1.807, 2.05) is 0 Å². The van der Waals surface area contributed by atoms with Crippen molar-refractivity contribution in [3.05, 3.63) is 10.6 Å². The molecular formula is C22H33N3O5S. The number of nitrogens with one attached hydrogen (secondary N) is 1. The molecule has 0 aromatic heterocycles. The van der Waals surface area contributed by atoms with E-state index in [0.29, 0.717) is 36.0 Å². The summed E-state index contributed by atoms with van der Waals surface area (Å²) in [6, 6.07) is 0.232. The third kappa shape index (κ3) is 4.36. The second-order valence-corrected chi connectivity index (χ2v) is 11.0. The minimum absolute atomic E-state index is 0.121. The predicted molar refractivity (Wildman–Crippen MR) is 117 cm³/mol. The van der Waals surface area contributed by atoms with Gasteiger partial charge in [-0.15, -0.1) is 11.8 Å². The summed E-state index contributed by atoms with van der Waals surface area (Å²) in [6.45, 7) is 2.44. The van der Waals surface area contributed by atoms with Crippen molar-refractivity contribution in [2.45, 2.75) is 68.9 Å². The van der Waals surface area contributed by atoms with Crippen LogP contribution in [0.3, 0.4) is 0 Å². The van der Waals surface area contributed by atoms with Gasteiger partial charge in [0.25, 0.3) is 0 Å². The summed E-state index contributed by atoms with van der Waals surface area (Å²) in [5.41, 5.74) is 0.121. The molecule has 0 aromatic carbocycles. The number of β-lactam (4-membered cyclic amide) rings is 1. The molecule has 0 bridgehead atoms. The number of aliphatic hydroxyl groups is 1. The summed E-state index contributed by atoms with van der Waals surface area (Å²) < 4.78 is 0. The maximum Gasteiger partial charge on any atom is 0.353 e. The van der Waals surface area contributed by atoms with Gasteiger partial charge in [0.1, 0.15) is 5.70 Å². The van der Waals surface area contributed by atoms with E-state index < -0.39 is 18.0 Å². The summed E-state index contributed by atoms with van der Waals surface area (Å²) in [6.07, 6.45) is 4.61. The predicted octanol–water partition coefficient (Wildman–Crippen LogP) is 1.25. The average molecular weight is 452 g/mol. The van der Waals surface area contributed by atoms with Gasteiger partial charge in [0, 0.05) is 49.7 Å². The number of aliphatic carboxylic acids is 1.